The Morgan fingerprint density at radius 1 is 1.23 bits per heavy atom. The van der Waals surface area contributed by atoms with E-state index in [4.69, 9.17) is 5.73 Å². The van der Waals surface area contributed by atoms with Gasteiger partial charge < -0.3 is 10.3 Å². The standard InChI is InChI=1S/C16H14N4O2/c17-9-7-11-10-3-1-2-4-12(10)20(15(11)18-8-9)13-5-6-14(21)19-16(13)22/h1-4,7-8,13H,5-6,17H2,(H,19,21,22). The molecule has 1 aliphatic heterocycles. The second-order valence-corrected chi connectivity index (χ2v) is 5.49. The van der Waals surface area contributed by atoms with E-state index in [-0.39, 0.29) is 11.8 Å². The molecule has 2 amide bonds. The van der Waals surface area contributed by atoms with Crippen LogP contribution in [-0.2, 0) is 9.59 Å². The average Bonchev–Trinajstić information content (AvgIpc) is 2.82. The Morgan fingerprint density at radius 3 is 2.86 bits per heavy atom. The van der Waals surface area contributed by atoms with Crippen molar-refractivity contribution >= 4 is 39.4 Å². The summed E-state index contributed by atoms with van der Waals surface area (Å²) in [5.74, 6) is -0.503. The summed E-state index contributed by atoms with van der Waals surface area (Å²) in [7, 11) is 0. The lowest BCUT2D eigenvalue weighted by molar-refractivity contribution is -0.135. The van der Waals surface area contributed by atoms with Crippen molar-refractivity contribution in [1.29, 1.82) is 0 Å². The first kappa shape index (κ1) is 12.8. The highest BCUT2D eigenvalue weighted by molar-refractivity contribution is 6.09. The van der Waals surface area contributed by atoms with Gasteiger partial charge in [0.15, 0.2) is 0 Å². The summed E-state index contributed by atoms with van der Waals surface area (Å²) in [4.78, 5) is 28.1. The van der Waals surface area contributed by atoms with Gasteiger partial charge in [-0.25, -0.2) is 4.98 Å². The molecule has 3 N–H and O–H groups in total. The number of amides is 2. The van der Waals surface area contributed by atoms with E-state index in [0.29, 0.717) is 24.2 Å². The number of anilines is 1. The molecule has 110 valence electrons. The fourth-order valence-electron chi connectivity index (χ4n) is 3.13. The number of fused-ring (bicyclic) bond motifs is 3. The molecule has 1 saturated heterocycles. The zero-order valence-corrected chi connectivity index (χ0v) is 11.7. The Bertz CT molecular complexity index is 928. The number of nitrogens with one attached hydrogen (secondary N) is 1. The minimum atomic E-state index is -0.434. The van der Waals surface area contributed by atoms with E-state index in [9.17, 15) is 9.59 Å². The molecule has 1 unspecified atom stereocenters. The second-order valence-electron chi connectivity index (χ2n) is 5.49. The van der Waals surface area contributed by atoms with Gasteiger partial charge in [-0.05, 0) is 18.6 Å². The molecule has 2 aromatic heterocycles. The molecule has 3 heterocycles. The Labute approximate surface area is 125 Å². The molecule has 0 radical (unpaired) electrons. The molecule has 6 heteroatoms. The number of hydrogen-bond acceptors (Lipinski definition) is 4. The van der Waals surface area contributed by atoms with Gasteiger partial charge in [-0.3, -0.25) is 14.9 Å². The molecule has 1 atom stereocenters. The number of nitrogen functional groups attached to an aromatic ring is 1. The van der Waals surface area contributed by atoms with Crippen molar-refractivity contribution in [3.63, 3.8) is 0 Å². The van der Waals surface area contributed by atoms with Gasteiger partial charge in [-0.1, -0.05) is 18.2 Å². The predicted molar refractivity (Wildman–Crippen MR) is 83.1 cm³/mol. The van der Waals surface area contributed by atoms with Gasteiger partial charge in [0.25, 0.3) is 0 Å². The lowest BCUT2D eigenvalue weighted by Gasteiger charge is -2.23. The fraction of sp³-hybridized carbons (Fsp3) is 0.188. The van der Waals surface area contributed by atoms with E-state index in [0.717, 1.165) is 16.3 Å². The number of carbonyl (C=O) groups is 2. The molecule has 22 heavy (non-hydrogen) atoms. The number of aromatic nitrogens is 2. The number of piperidine rings is 1. The molecule has 0 aliphatic carbocycles. The summed E-state index contributed by atoms with van der Waals surface area (Å²) >= 11 is 0. The first-order valence-electron chi connectivity index (χ1n) is 7.13. The van der Waals surface area contributed by atoms with Crippen molar-refractivity contribution in [2.24, 2.45) is 0 Å². The number of rotatable bonds is 1. The van der Waals surface area contributed by atoms with E-state index in [1.165, 1.54) is 0 Å². The maximum absolute atomic E-state index is 12.3. The number of nitrogens with two attached hydrogens (primary N) is 1. The van der Waals surface area contributed by atoms with Crippen molar-refractivity contribution in [3.05, 3.63) is 36.5 Å². The van der Waals surface area contributed by atoms with E-state index < -0.39 is 6.04 Å². The Kier molecular flexibility index (Phi) is 2.66. The van der Waals surface area contributed by atoms with Crippen molar-refractivity contribution < 1.29 is 9.59 Å². The number of nitrogens with zero attached hydrogens (tertiary/aromatic N) is 2. The van der Waals surface area contributed by atoms with Crippen LogP contribution in [-0.4, -0.2) is 21.4 Å². The lowest BCUT2D eigenvalue weighted by atomic mass is 10.1. The Hall–Kier alpha value is -2.89. The molecule has 1 aromatic carbocycles. The largest absolute Gasteiger partial charge is 0.397 e. The topological polar surface area (TPSA) is 90.0 Å². The zero-order chi connectivity index (χ0) is 15.3. The van der Waals surface area contributed by atoms with Crippen LogP contribution in [0.1, 0.15) is 18.9 Å². The molecule has 6 nitrogen and oxygen atoms in total. The average molecular weight is 294 g/mol. The van der Waals surface area contributed by atoms with Crippen LogP contribution in [0.5, 0.6) is 0 Å². The summed E-state index contributed by atoms with van der Waals surface area (Å²) in [5, 5.41) is 4.33. The summed E-state index contributed by atoms with van der Waals surface area (Å²) in [6.07, 6.45) is 2.40. The van der Waals surface area contributed by atoms with Gasteiger partial charge >= 0.3 is 0 Å². The lowest BCUT2D eigenvalue weighted by Crippen LogP contribution is -2.41. The van der Waals surface area contributed by atoms with Crippen LogP contribution in [0.3, 0.4) is 0 Å². The smallest absolute Gasteiger partial charge is 0.249 e. The van der Waals surface area contributed by atoms with E-state index >= 15 is 0 Å². The monoisotopic (exact) mass is 294 g/mol. The number of carbonyl (C=O) groups excluding carboxylic acids is 2. The molecule has 4 rings (SSSR count). The molecule has 0 saturated carbocycles. The van der Waals surface area contributed by atoms with Crippen molar-refractivity contribution in [2.75, 3.05) is 5.73 Å². The maximum atomic E-state index is 12.3. The van der Waals surface area contributed by atoms with Crippen LogP contribution in [0.25, 0.3) is 21.9 Å². The van der Waals surface area contributed by atoms with Crippen LogP contribution in [0.15, 0.2) is 36.5 Å². The van der Waals surface area contributed by atoms with Gasteiger partial charge in [-0.2, -0.15) is 0 Å². The van der Waals surface area contributed by atoms with Gasteiger partial charge in [0.2, 0.25) is 11.8 Å². The quantitative estimate of drug-likeness (QED) is 0.669. The highest BCUT2D eigenvalue weighted by atomic mass is 16.2. The Balaban J connectivity index is 2.03. The summed E-state index contributed by atoms with van der Waals surface area (Å²) in [5.41, 5.74) is 8.07. The van der Waals surface area contributed by atoms with Crippen LogP contribution in [0, 0.1) is 0 Å². The molecule has 3 aromatic rings. The minimum absolute atomic E-state index is 0.223. The minimum Gasteiger partial charge on any atom is -0.397 e. The number of imide groups is 1. The molecule has 0 spiro atoms. The highest BCUT2D eigenvalue weighted by Gasteiger charge is 2.30. The first-order chi connectivity index (χ1) is 10.6. The highest BCUT2D eigenvalue weighted by Crippen LogP contribution is 2.33. The van der Waals surface area contributed by atoms with Crippen LogP contribution in [0.4, 0.5) is 5.69 Å². The van der Waals surface area contributed by atoms with E-state index in [1.54, 1.807) is 6.20 Å². The molecule has 0 bridgehead atoms. The summed E-state index contributed by atoms with van der Waals surface area (Å²) < 4.78 is 1.91. The molecular formula is C16H14N4O2. The van der Waals surface area contributed by atoms with Crippen LogP contribution < -0.4 is 11.1 Å². The number of benzene rings is 1. The molecular weight excluding hydrogens is 280 g/mol. The fourth-order valence-corrected chi connectivity index (χ4v) is 3.13. The van der Waals surface area contributed by atoms with E-state index in [2.05, 4.69) is 10.3 Å². The molecule has 1 fully saturated rings. The van der Waals surface area contributed by atoms with Gasteiger partial charge in [0.05, 0.1) is 17.4 Å². The van der Waals surface area contributed by atoms with Gasteiger partial charge in [0, 0.05) is 17.2 Å². The van der Waals surface area contributed by atoms with Crippen molar-refractivity contribution in [3.8, 4) is 0 Å². The van der Waals surface area contributed by atoms with Gasteiger partial charge in [-0.15, -0.1) is 0 Å². The maximum Gasteiger partial charge on any atom is 0.249 e. The van der Waals surface area contributed by atoms with Gasteiger partial charge in [0.1, 0.15) is 11.7 Å². The normalized spacial score (nSPS) is 18.8. The van der Waals surface area contributed by atoms with Crippen molar-refractivity contribution in [1.82, 2.24) is 14.9 Å². The predicted octanol–water partition coefficient (Wildman–Crippen LogP) is 1.75. The second kappa shape index (κ2) is 4.56. The number of para-hydroxylation sites is 1. The molecule has 1 aliphatic rings. The third kappa shape index (κ3) is 1.77. The number of pyridine rings is 1. The zero-order valence-electron chi connectivity index (χ0n) is 11.7. The first-order valence-corrected chi connectivity index (χ1v) is 7.13. The number of hydrogen-bond donors (Lipinski definition) is 2. The van der Waals surface area contributed by atoms with Crippen LogP contribution >= 0.6 is 0 Å². The SMILES string of the molecule is Nc1cnc2c(c1)c1ccccc1n2C1CCC(=O)NC1=O. The van der Waals surface area contributed by atoms with Crippen LogP contribution in [0.2, 0.25) is 0 Å². The Morgan fingerprint density at radius 2 is 2.05 bits per heavy atom. The van der Waals surface area contributed by atoms with E-state index in [1.807, 2.05) is 34.9 Å². The third-order valence-corrected chi connectivity index (χ3v) is 4.09. The summed E-state index contributed by atoms with van der Waals surface area (Å²) in [6.45, 7) is 0. The van der Waals surface area contributed by atoms with Crippen molar-refractivity contribution in [2.45, 2.75) is 18.9 Å². The third-order valence-electron chi connectivity index (χ3n) is 4.09. The summed E-state index contributed by atoms with van der Waals surface area (Å²) in [6, 6.07) is 9.24.